The summed E-state index contributed by atoms with van der Waals surface area (Å²) in [5.74, 6) is 0. The van der Waals surface area contributed by atoms with E-state index >= 15 is 0 Å². The second kappa shape index (κ2) is 3.17. The Balaban J connectivity index is 2.81. The molecule has 0 amide bonds. The van der Waals surface area contributed by atoms with Gasteiger partial charge in [0, 0.05) is 11.1 Å². The van der Waals surface area contributed by atoms with Gasteiger partial charge in [-0.3, -0.25) is 4.98 Å². The molecule has 1 heterocycles. The van der Waals surface area contributed by atoms with Crippen LogP contribution in [0.15, 0.2) is 24.3 Å². The molecule has 0 N–H and O–H groups in total. The molecule has 0 fully saturated rings. The molecule has 0 bridgehead atoms. The summed E-state index contributed by atoms with van der Waals surface area (Å²) >= 11 is 11.7. The number of pyridine rings is 1. The maximum atomic E-state index is 5.87. The summed E-state index contributed by atoms with van der Waals surface area (Å²) in [5, 5.41) is 2.13. The maximum absolute atomic E-state index is 5.87. The second-order valence-electron chi connectivity index (χ2n) is 2.91. The second-order valence-corrected chi connectivity index (χ2v) is 3.73. The molecule has 0 unspecified atom stereocenters. The van der Waals surface area contributed by atoms with Crippen LogP contribution in [0.25, 0.3) is 10.9 Å². The molecule has 0 saturated carbocycles. The molecule has 0 aliphatic heterocycles. The molecular weight excluding hydrogens is 205 g/mol. The standard InChI is InChI=1S/C10H7Cl2N/c1-6-2-3-7-4-8(11)9(12)5-10(7)13-6/h2-5H,1H3. The van der Waals surface area contributed by atoms with E-state index in [-0.39, 0.29) is 0 Å². The van der Waals surface area contributed by atoms with Crippen LogP contribution in [-0.4, -0.2) is 4.98 Å². The van der Waals surface area contributed by atoms with E-state index in [1.165, 1.54) is 0 Å². The first-order valence-electron chi connectivity index (χ1n) is 3.89. The van der Waals surface area contributed by atoms with Crippen LogP contribution in [0.1, 0.15) is 5.69 Å². The Bertz CT molecular complexity index is 466. The monoisotopic (exact) mass is 211 g/mol. The number of halogens is 2. The van der Waals surface area contributed by atoms with Crippen LogP contribution in [0.4, 0.5) is 0 Å². The first kappa shape index (κ1) is 8.79. The average molecular weight is 212 g/mol. The highest BCUT2D eigenvalue weighted by atomic mass is 35.5. The quantitative estimate of drug-likeness (QED) is 0.646. The number of aromatic nitrogens is 1. The lowest BCUT2D eigenvalue weighted by Crippen LogP contribution is -1.82. The Morgan fingerprint density at radius 3 is 2.54 bits per heavy atom. The van der Waals surface area contributed by atoms with Crippen LogP contribution in [0.3, 0.4) is 0 Å². The van der Waals surface area contributed by atoms with Gasteiger partial charge in [0.05, 0.1) is 15.6 Å². The zero-order chi connectivity index (χ0) is 9.42. The maximum Gasteiger partial charge on any atom is 0.0721 e. The van der Waals surface area contributed by atoms with Crippen molar-refractivity contribution in [2.75, 3.05) is 0 Å². The zero-order valence-electron chi connectivity index (χ0n) is 7.01. The number of benzene rings is 1. The molecule has 2 rings (SSSR count). The molecule has 1 aromatic heterocycles. The average Bonchev–Trinajstić information content (AvgIpc) is 2.08. The molecule has 0 radical (unpaired) electrons. The van der Waals surface area contributed by atoms with Gasteiger partial charge in [0.25, 0.3) is 0 Å². The Labute approximate surface area is 86.3 Å². The molecule has 0 aliphatic carbocycles. The number of hydrogen-bond donors (Lipinski definition) is 0. The van der Waals surface area contributed by atoms with E-state index < -0.39 is 0 Å². The van der Waals surface area contributed by atoms with Crippen molar-refractivity contribution in [3.05, 3.63) is 40.0 Å². The van der Waals surface area contributed by atoms with Crippen molar-refractivity contribution in [3.8, 4) is 0 Å². The van der Waals surface area contributed by atoms with Gasteiger partial charge >= 0.3 is 0 Å². The number of hydrogen-bond acceptors (Lipinski definition) is 1. The van der Waals surface area contributed by atoms with E-state index in [0.717, 1.165) is 16.6 Å². The molecule has 0 saturated heterocycles. The van der Waals surface area contributed by atoms with Crippen molar-refractivity contribution < 1.29 is 0 Å². The number of nitrogens with zero attached hydrogens (tertiary/aromatic N) is 1. The smallest absolute Gasteiger partial charge is 0.0721 e. The minimum absolute atomic E-state index is 0.548. The van der Waals surface area contributed by atoms with Crippen LogP contribution in [0, 0.1) is 6.92 Å². The van der Waals surface area contributed by atoms with Gasteiger partial charge < -0.3 is 0 Å². The number of rotatable bonds is 0. The van der Waals surface area contributed by atoms with Crippen molar-refractivity contribution in [1.82, 2.24) is 4.98 Å². The molecule has 13 heavy (non-hydrogen) atoms. The van der Waals surface area contributed by atoms with E-state index in [9.17, 15) is 0 Å². The largest absolute Gasteiger partial charge is 0.253 e. The van der Waals surface area contributed by atoms with Crippen LogP contribution in [0.2, 0.25) is 10.0 Å². The van der Waals surface area contributed by atoms with Gasteiger partial charge in [0.1, 0.15) is 0 Å². The van der Waals surface area contributed by atoms with E-state index in [4.69, 9.17) is 23.2 Å². The predicted molar refractivity (Wildman–Crippen MR) is 56.5 cm³/mol. The lowest BCUT2D eigenvalue weighted by molar-refractivity contribution is 1.26. The summed E-state index contributed by atoms with van der Waals surface area (Å²) in [4.78, 5) is 4.33. The van der Waals surface area contributed by atoms with Gasteiger partial charge in [0.15, 0.2) is 0 Å². The Hall–Kier alpha value is -0.790. The lowest BCUT2D eigenvalue weighted by Gasteiger charge is -2.00. The molecule has 0 atom stereocenters. The van der Waals surface area contributed by atoms with Crippen LogP contribution in [-0.2, 0) is 0 Å². The lowest BCUT2D eigenvalue weighted by atomic mass is 10.2. The minimum atomic E-state index is 0.548. The molecule has 0 aliphatic rings. The third-order valence-electron chi connectivity index (χ3n) is 1.87. The topological polar surface area (TPSA) is 12.9 Å². The molecular formula is C10H7Cl2N. The van der Waals surface area contributed by atoms with Crippen LogP contribution >= 0.6 is 23.2 Å². The third-order valence-corrected chi connectivity index (χ3v) is 2.59. The highest BCUT2D eigenvalue weighted by Gasteiger charge is 2.01. The third kappa shape index (κ3) is 1.62. The normalized spacial score (nSPS) is 10.7. The van der Waals surface area contributed by atoms with E-state index in [1.807, 2.05) is 25.1 Å². The molecule has 3 heteroatoms. The van der Waals surface area contributed by atoms with Crippen molar-refractivity contribution in [3.63, 3.8) is 0 Å². The van der Waals surface area contributed by atoms with Gasteiger partial charge in [-0.05, 0) is 25.1 Å². The summed E-state index contributed by atoms with van der Waals surface area (Å²) in [6.45, 7) is 1.95. The summed E-state index contributed by atoms with van der Waals surface area (Å²) in [6, 6.07) is 7.55. The summed E-state index contributed by atoms with van der Waals surface area (Å²) < 4.78 is 0. The van der Waals surface area contributed by atoms with Crippen molar-refractivity contribution in [2.45, 2.75) is 6.92 Å². The molecule has 1 nitrogen and oxygen atoms in total. The van der Waals surface area contributed by atoms with E-state index in [0.29, 0.717) is 10.0 Å². The fraction of sp³-hybridized carbons (Fsp3) is 0.100. The number of aryl methyl sites for hydroxylation is 1. The summed E-state index contributed by atoms with van der Waals surface area (Å²) in [5.41, 5.74) is 1.86. The number of fused-ring (bicyclic) bond motifs is 1. The zero-order valence-corrected chi connectivity index (χ0v) is 8.52. The molecule has 1 aromatic carbocycles. The van der Waals surface area contributed by atoms with Gasteiger partial charge in [-0.15, -0.1) is 0 Å². The van der Waals surface area contributed by atoms with Gasteiger partial charge in [0.2, 0.25) is 0 Å². The summed E-state index contributed by atoms with van der Waals surface area (Å²) in [6.07, 6.45) is 0. The van der Waals surface area contributed by atoms with Crippen LogP contribution < -0.4 is 0 Å². The molecule has 2 aromatic rings. The Morgan fingerprint density at radius 2 is 1.77 bits per heavy atom. The first-order chi connectivity index (χ1) is 6.16. The summed E-state index contributed by atoms with van der Waals surface area (Å²) in [7, 11) is 0. The first-order valence-corrected chi connectivity index (χ1v) is 4.65. The fourth-order valence-electron chi connectivity index (χ4n) is 1.22. The van der Waals surface area contributed by atoms with Crippen molar-refractivity contribution in [2.24, 2.45) is 0 Å². The SMILES string of the molecule is Cc1ccc2cc(Cl)c(Cl)cc2n1. The van der Waals surface area contributed by atoms with Crippen molar-refractivity contribution >= 4 is 34.1 Å². The molecule has 66 valence electrons. The van der Waals surface area contributed by atoms with Gasteiger partial charge in [-0.2, -0.15) is 0 Å². The highest BCUT2D eigenvalue weighted by Crippen LogP contribution is 2.26. The Morgan fingerprint density at radius 1 is 1.08 bits per heavy atom. The molecule has 0 spiro atoms. The van der Waals surface area contributed by atoms with E-state index in [2.05, 4.69) is 4.98 Å². The van der Waals surface area contributed by atoms with E-state index in [1.54, 1.807) is 6.07 Å². The van der Waals surface area contributed by atoms with Crippen LogP contribution in [0.5, 0.6) is 0 Å². The van der Waals surface area contributed by atoms with Crippen molar-refractivity contribution in [1.29, 1.82) is 0 Å². The van der Waals surface area contributed by atoms with Gasteiger partial charge in [-0.25, -0.2) is 0 Å². The fourth-order valence-corrected chi connectivity index (χ4v) is 1.55. The van der Waals surface area contributed by atoms with Gasteiger partial charge in [-0.1, -0.05) is 29.3 Å². The minimum Gasteiger partial charge on any atom is -0.253 e. The highest BCUT2D eigenvalue weighted by molar-refractivity contribution is 6.42. The Kier molecular flexibility index (Phi) is 2.14. The predicted octanol–water partition coefficient (Wildman–Crippen LogP) is 3.85.